The van der Waals surface area contributed by atoms with Gasteiger partial charge in [-0.1, -0.05) is 18.2 Å². The van der Waals surface area contributed by atoms with E-state index in [-0.39, 0.29) is 5.95 Å². The van der Waals surface area contributed by atoms with E-state index in [0.29, 0.717) is 5.56 Å². The summed E-state index contributed by atoms with van der Waals surface area (Å²) in [6, 6.07) is 10.5. The first-order valence-corrected chi connectivity index (χ1v) is 4.58. The third-order valence-corrected chi connectivity index (χ3v) is 2.01. The summed E-state index contributed by atoms with van der Waals surface area (Å²) in [6.45, 7) is 1.82. The van der Waals surface area contributed by atoms with Crippen LogP contribution in [0.2, 0.25) is 0 Å². The van der Waals surface area contributed by atoms with Crippen molar-refractivity contribution in [2.75, 3.05) is 0 Å². The lowest BCUT2D eigenvalue weighted by Gasteiger charge is -2.01. The Morgan fingerprint density at radius 1 is 1.20 bits per heavy atom. The smallest absolute Gasteiger partial charge is 0.345 e. The lowest BCUT2D eigenvalue weighted by atomic mass is 10.2. The van der Waals surface area contributed by atoms with E-state index in [1.165, 1.54) is 6.26 Å². The molecule has 3 heteroatoms. The fourth-order valence-corrected chi connectivity index (χ4v) is 1.18. The summed E-state index contributed by atoms with van der Waals surface area (Å²) in [6.07, 6.45) is 1.49. The van der Waals surface area contributed by atoms with Crippen LogP contribution in [0.4, 0.5) is 0 Å². The van der Waals surface area contributed by atoms with Gasteiger partial charge in [0.1, 0.15) is 0 Å². The summed E-state index contributed by atoms with van der Waals surface area (Å²) in [7, 11) is 0. The Kier molecular flexibility index (Phi) is 2.54. The molecule has 3 nitrogen and oxygen atoms in total. The van der Waals surface area contributed by atoms with Gasteiger partial charge in [-0.3, -0.25) is 0 Å². The molecule has 0 spiro atoms. The number of esters is 1. The molecule has 0 radical (unpaired) electrons. The van der Waals surface area contributed by atoms with E-state index < -0.39 is 5.97 Å². The molecule has 0 saturated carbocycles. The molecule has 0 saturated heterocycles. The molecule has 0 aliphatic heterocycles. The number of benzene rings is 1. The fraction of sp³-hybridized carbons (Fsp3) is 0.0833. The van der Waals surface area contributed by atoms with Crippen LogP contribution in [-0.2, 0) is 0 Å². The van der Waals surface area contributed by atoms with E-state index in [0.717, 1.165) is 5.56 Å². The standard InChI is InChI=1S/C12H10O3/c1-9-7-8-14-12(9)15-11(13)10-5-3-2-4-6-10/h2-8H,1H3. The van der Waals surface area contributed by atoms with E-state index in [2.05, 4.69) is 0 Å². The van der Waals surface area contributed by atoms with Gasteiger partial charge < -0.3 is 9.15 Å². The second kappa shape index (κ2) is 4.00. The molecule has 0 fully saturated rings. The number of carbonyl (C=O) groups excluding carboxylic acids is 1. The first kappa shape index (κ1) is 9.52. The monoisotopic (exact) mass is 202 g/mol. The third-order valence-electron chi connectivity index (χ3n) is 2.01. The SMILES string of the molecule is Cc1ccoc1OC(=O)c1ccccc1. The molecule has 76 valence electrons. The highest BCUT2D eigenvalue weighted by Crippen LogP contribution is 2.19. The highest BCUT2D eigenvalue weighted by atomic mass is 16.6. The van der Waals surface area contributed by atoms with Gasteiger partial charge in [-0.05, 0) is 25.1 Å². The van der Waals surface area contributed by atoms with Gasteiger partial charge in [0.25, 0.3) is 5.95 Å². The number of furan rings is 1. The van der Waals surface area contributed by atoms with Gasteiger partial charge in [0.15, 0.2) is 0 Å². The summed E-state index contributed by atoms with van der Waals surface area (Å²) in [5.74, 6) is -0.155. The van der Waals surface area contributed by atoms with E-state index >= 15 is 0 Å². The average molecular weight is 202 g/mol. The Bertz CT molecular complexity index is 457. The quantitative estimate of drug-likeness (QED) is 0.703. The Labute approximate surface area is 87.3 Å². The number of carbonyl (C=O) groups is 1. The number of hydrogen-bond donors (Lipinski definition) is 0. The first-order chi connectivity index (χ1) is 7.27. The van der Waals surface area contributed by atoms with Crippen LogP contribution in [0.15, 0.2) is 47.1 Å². The summed E-state index contributed by atoms with van der Waals surface area (Å²) in [5.41, 5.74) is 1.31. The molecular weight excluding hydrogens is 192 g/mol. The van der Waals surface area contributed by atoms with Crippen molar-refractivity contribution < 1.29 is 13.9 Å². The molecular formula is C12H10O3. The topological polar surface area (TPSA) is 39.4 Å². The molecule has 15 heavy (non-hydrogen) atoms. The van der Waals surface area contributed by atoms with Gasteiger partial charge in [-0.2, -0.15) is 0 Å². The van der Waals surface area contributed by atoms with Crippen LogP contribution in [-0.4, -0.2) is 5.97 Å². The maximum Gasteiger partial charge on any atom is 0.345 e. The van der Waals surface area contributed by atoms with Crippen LogP contribution in [0, 0.1) is 6.92 Å². The predicted molar refractivity (Wildman–Crippen MR) is 54.8 cm³/mol. The molecule has 0 N–H and O–H groups in total. The zero-order valence-electron chi connectivity index (χ0n) is 8.27. The minimum Gasteiger partial charge on any atom is -0.434 e. The second-order valence-electron chi connectivity index (χ2n) is 3.15. The molecule has 1 aromatic heterocycles. The van der Waals surface area contributed by atoms with Gasteiger partial charge in [0.05, 0.1) is 11.8 Å². The summed E-state index contributed by atoms with van der Waals surface area (Å²) in [4.78, 5) is 11.6. The van der Waals surface area contributed by atoms with Crippen molar-refractivity contribution in [2.45, 2.75) is 6.92 Å². The van der Waals surface area contributed by atoms with Gasteiger partial charge >= 0.3 is 5.97 Å². The van der Waals surface area contributed by atoms with Gasteiger partial charge in [0, 0.05) is 5.56 Å². The zero-order chi connectivity index (χ0) is 10.7. The lowest BCUT2D eigenvalue weighted by molar-refractivity contribution is 0.0692. The van der Waals surface area contributed by atoms with Gasteiger partial charge in [0.2, 0.25) is 0 Å². The van der Waals surface area contributed by atoms with Crippen molar-refractivity contribution in [1.29, 1.82) is 0 Å². The molecule has 0 atom stereocenters. The van der Waals surface area contributed by atoms with E-state index in [1.54, 1.807) is 30.3 Å². The average Bonchev–Trinajstić information content (AvgIpc) is 2.66. The Morgan fingerprint density at radius 3 is 2.53 bits per heavy atom. The molecule has 0 bridgehead atoms. The minimum atomic E-state index is -0.409. The molecule has 0 aliphatic rings. The van der Waals surface area contributed by atoms with E-state index in [9.17, 15) is 4.79 Å². The fourth-order valence-electron chi connectivity index (χ4n) is 1.18. The summed E-state index contributed by atoms with van der Waals surface area (Å²) in [5, 5.41) is 0. The molecule has 2 aromatic rings. The maximum atomic E-state index is 11.6. The Hall–Kier alpha value is -2.03. The molecule has 2 rings (SSSR count). The molecule has 1 aromatic carbocycles. The predicted octanol–water partition coefficient (Wildman–Crippen LogP) is 2.81. The highest BCUT2D eigenvalue weighted by molar-refractivity contribution is 5.90. The maximum absolute atomic E-state index is 11.6. The molecule has 0 aliphatic carbocycles. The Balaban J connectivity index is 2.15. The largest absolute Gasteiger partial charge is 0.434 e. The second-order valence-corrected chi connectivity index (χ2v) is 3.15. The van der Waals surface area contributed by atoms with Crippen molar-refractivity contribution in [2.24, 2.45) is 0 Å². The van der Waals surface area contributed by atoms with Crippen molar-refractivity contribution in [1.82, 2.24) is 0 Å². The van der Waals surface area contributed by atoms with Crippen molar-refractivity contribution in [3.8, 4) is 5.95 Å². The molecule has 0 unspecified atom stereocenters. The molecule has 1 heterocycles. The van der Waals surface area contributed by atoms with E-state index in [4.69, 9.17) is 9.15 Å². The van der Waals surface area contributed by atoms with Crippen LogP contribution in [0.3, 0.4) is 0 Å². The normalized spacial score (nSPS) is 9.93. The van der Waals surface area contributed by atoms with Crippen LogP contribution in [0.25, 0.3) is 0 Å². The number of ether oxygens (including phenoxy) is 1. The summed E-state index contributed by atoms with van der Waals surface area (Å²) >= 11 is 0. The first-order valence-electron chi connectivity index (χ1n) is 4.58. The van der Waals surface area contributed by atoms with Crippen LogP contribution >= 0.6 is 0 Å². The van der Waals surface area contributed by atoms with Crippen molar-refractivity contribution in [3.05, 3.63) is 53.8 Å². The van der Waals surface area contributed by atoms with Crippen molar-refractivity contribution >= 4 is 5.97 Å². The number of rotatable bonds is 2. The minimum absolute atomic E-state index is 0.254. The van der Waals surface area contributed by atoms with E-state index in [1.807, 2.05) is 13.0 Å². The number of aryl methyl sites for hydroxylation is 1. The number of hydrogen-bond acceptors (Lipinski definition) is 3. The Morgan fingerprint density at radius 2 is 1.93 bits per heavy atom. The van der Waals surface area contributed by atoms with Crippen LogP contribution in [0.1, 0.15) is 15.9 Å². The molecule has 0 amide bonds. The van der Waals surface area contributed by atoms with Crippen molar-refractivity contribution in [3.63, 3.8) is 0 Å². The van der Waals surface area contributed by atoms with Crippen LogP contribution < -0.4 is 4.74 Å². The summed E-state index contributed by atoms with van der Waals surface area (Å²) < 4.78 is 10.1. The highest BCUT2D eigenvalue weighted by Gasteiger charge is 2.11. The zero-order valence-corrected chi connectivity index (χ0v) is 8.27. The van der Waals surface area contributed by atoms with Crippen LogP contribution in [0.5, 0.6) is 5.95 Å². The van der Waals surface area contributed by atoms with Gasteiger partial charge in [-0.25, -0.2) is 4.79 Å². The van der Waals surface area contributed by atoms with Gasteiger partial charge in [-0.15, -0.1) is 0 Å². The lowest BCUT2D eigenvalue weighted by Crippen LogP contribution is -2.08. The third kappa shape index (κ3) is 2.07.